The van der Waals surface area contributed by atoms with E-state index in [0.717, 1.165) is 6.26 Å². The summed E-state index contributed by atoms with van der Waals surface area (Å²) < 4.78 is 25.2. The van der Waals surface area contributed by atoms with Crippen LogP contribution < -0.4 is 9.62 Å². The number of hydrogen-bond acceptors (Lipinski definition) is 4. The highest BCUT2D eigenvalue weighted by Gasteiger charge is 2.18. The van der Waals surface area contributed by atoms with Gasteiger partial charge in [-0.3, -0.25) is 9.10 Å². The van der Waals surface area contributed by atoms with Crippen LogP contribution in [0.3, 0.4) is 0 Å². The molecular weight excluding hydrogens is 326 g/mol. The quantitative estimate of drug-likeness (QED) is 0.865. The second-order valence-corrected chi connectivity index (χ2v) is 7.03. The van der Waals surface area contributed by atoms with Gasteiger partial charge in [-0.05, 0) is 30.3 Å². The van der Waals surface area contributed by atoms with E-state index in [1.165, 1.54) is 10.4 Å². The van der Waals surface area contributed by atoms with Gasteiger partial charge in [-0.25, -0.2) is 8.42 Å². The van der Waals surface area contributed by atoms with E-state index in [9.17, 15) is 13.2 Å². The summed E-state index contributed by atoms with van der Waals surface area (Å²) in [5.41, 5.74) is 1.27. The number of nitriles is 1. The lowest BCUT2D eigenvalue weighted by Gasteiger charge is -2.22. The van der Waals surface area contributed by atoms with Gasteiger partial charge in [0.25, 0.3) is 5.91 Å². The Morgan fingerprint density at radius 3 is 2.50 bits per heavy atom. The summed E-state index contributed by atoms with van der Waals surface area (Å²) in [5, 5.41) is 11.6. The molecule has 0 heterocycles. The molecule has 0 saturated heterocycles. The summed E-state index contributed by atoms with van der Waals surface area (Å²) in [4.78, 5) is 12.0. The third-order valence-electron chi connectivity index (χ3n) is 3.30. The van der Waals surface area contributed by atoms with Crippen LogP contribution in [0.25, 0.3) is 0 Å². The average Bonchev–Trinajstić information content (AvgIpc) is 2.58. The Balaban J connectivity index is 2.08. The molecule has 0 unspecified atom stereocenters. The number of amides is 1. The van der Waals surface area contributed by atoms with Crippen LogP contribution in [0.15, 0.2) is 54.6 Å². The number of carbonyl (C=O) groups is 1. The lowest BCUT2D eigenvalue weighted by molar-refractivity contribution is 0.0955. The fourth-order valence-electron chi connectivity index (χ4n) is 2.18. The highest BCUT2D eigenvalue weighted by atomic mass is 32.2. The van der Waals surface area contributed by atoms with Gasteiger partial charge in [0.15, 0.2) is 0 Å². The minimum absolute atomic E-state index is 0.0757. The Labute approximate surface area is 141 Å². The maximum atomic E-state index is 12.0. The molecule has 6 nitrogen and oxygen atoms in total. The molecule has 0 aliphatic carbocycles. The number of nitrogens with zero attached hydrogens (tertiary/aromatic N) is 2. The molecule has 0 aliphatic heterocycles. The Morgan fingerprint density at radius 2 is 1.88 bits per heavy atom. The smallest absolute Gasteiger partial charge is 0.251 e. The van der Waals surface area contributed by atoms with E-state index in [2.05, 4.69) is 5.32 Å². The highest BCUT2D eigenvalue weighted by molar-refractivity contribution is 7.92. The van der Waals surface area contributed by atoms with Crippen LogP contribution in [0.1, 0.15) is 15.9 Å². The van der Waals surface area contributed by atoms with E-state index in [1.54, 1.807) is 42.5 Å². The van der Waals surface area contributed by atoms with Crippen LogP contribution in [-0.4, -0.2) is 33.7 Å². The third kappa shape index (κ3) is 4.57. The van der Waals surface area contributed by atoms with Crippen molar-refractivity contribution in [2.75, 3.05) is 23.7 Å². The van der Waals surface area contributed by atoms with Crippen LogP contribution >= 0.6 is 0 Å². The van der Waals surface area contributed by atoms with Gasteiger partial charge >= 0.3 is 0 Å². The Kier molecular flexibility index (Phi) is 5.55. The maximum Gasteiger partial charge on any atom is 0.251 e. The summed E-state index contributed by atoms with van der Waals surface area (Å²) in [5.74, 6) is -0.269. The second-order valence-electron chi connectivity index (χ2n) is 5.12. The largest absolute Gasteiger partial charge is 0.350 e. The molecule has 24 heavy (non-hydrogen) atoms. The Hall–Kier alpha value is -2.85. The lowest BCUT2D eigenvalue weighted by atomic mass is 10.2. The molecule has 0 aliphatic rings. The van der Waals surface area contributed by atoms with Gasteiger partial charge < -0.3 is 5.32 Å². The van der Waals surface area contributed by atoms with Gasteiger partial charge in [-0.1, -0.05) is 24.3 Å². The zero-order chi connectivity index (χ0) is 17.6. The highest BCUT2D eigenvalue weighted by Crippen LogP contribution is 2.18. The summed E-state index contributed by atoms with van der Waals surface area (Å²) in [6, 6.07) is 17.0. The summed E-state index contributed by atoms with van der Waals surface area (Å²) in [6.45, 7) is 0.226. The molecule has 0 radical (unpaired) electrons. The van der Waals surface area contributed by atoms with E-state index in [4.69, 9.17) is 5.26 Å². The first-order valence-corrected chi connectivity index (χ1v) is 9.08. The average molecular weight is 343 g/mol. The van der Waals surface area contributed by atoms with Crippen molar-refractivity contribution in [3.63, 3.8) is 0 Å². The minimum Gasteiger partial charge on any atom is -0.350 e. The van der Waals surface area contributed by atoms with Gasteiger partial charge in [0.1, 0.15) is 0 Å². The molecule has 7 heteroatoms. The van der Waals surface area contributed by atoms with Gasteiger partial charge in [0, 0.05) is 12.1 Å². The van der Waals surface area contributed by atoms with Crippen molar-refractivity contribution in [2.45, 2.75) is 0 Å². The van der Waals surface area contributed by atoms with E-state index in [-0.39, 0.29) is 19.0 Å². The topological polar surface area (TPSA) is 90.3 Å². The zero-order valence-corrected chi connectivity index (χ0v) is 14.0. The fraction of sp³-hybridized carbons (Fsp3) is 0.176. The predicted molar refractivity (Wildman–Crippen MR) is 92.1 cm³/mol. The van der Waals surface area contributed by atoms with Crippen molar-refractivity contribution in [1.29, 1.82) is 5.26 Å². The Morgan fingerprint density at radius 1 is 1.17 bits per heavy atom. The molecule has 0 bridgehead atoms. The SMILES string of the molecule is CS(=O)(=O)N(CCNC(=O)c1ccccc1)c1cccc(C#N)c1. The molecule has 0 fully saturated rings. The normalized spacial score (nSPS) is 10.7. The number of nitrogens with one attached hydrogen (secondary N) is 1. The van der Waals surface area contributed by atoms with Crippen molar-refractivity contribution >= 4 is 21.6 Å². The lowest BCUT2D eigenvalue weighted by Crippen LogP contribution is -2.38. The van der Waals surface area contributed by atoms with E-state index < -0.39 is 10.0 Å². The molecule has 1 amide bonds. The maximum absolute atomic E-state index is 12.0. The molecule has 124 valence electrons. The number of sulfonamides is 1. The van der Waals surface area contributed by atoms with Gasteiger partial charge in [-0.15, -0.1) is 0 Å². The van der Waals surface area contributed by atoms with Crippen molar-refractivity contribution in [2.24, 2.45) is 0 Å². The molecule has 0 aromatic heterocycles. The van der Waals surface area contributed by atoms with E-state index in [1.807, 2.05) is 12.1 Å². The standard InChI is InChI=1S/C17H17N3O3S/c1-24(22,23)20(16-9-5-6-14(12-16)13-18)11-10-19-17(21)15-7-3-2-4-8-15/h2-9,12H,10-11H2,1H3,(H,19,21). The Bertz CT molecular complexity index is 858. The fourth-order valence-corrected chi connectivity index (χ4v) is 3.10. The monoisotopic (exact) mass is 343 g/mol. The number of rotatable bonds is 6. The molecule has 1 N–H and O–H groups in total. The number of hydrogen-bond donors (Lipinski definition) is 1. The summed E-state index contributed by atoms with van der Waals surface area (Å²) in [7, 11) is -3.53. The molecular formula is C17H17N3O3S. The van der Waals surface area contributed by atoms with Crippen molar-refractivity contribution in [3.8, 4) is 6.07 Å². The number of carbonyl (C=O) groups excluding carboxylic acids is 1. The second kappa shape index (κ2) is 7.62. The van der Waals surface area contributed by atoms with Crippen LogP contribution in [0.2, 0.25) is 0 Å². The molecule has 0 saturated carbocycles. The third-order valence-corrected chi connectivity index (χ3v) is 4.49. The van der Waals surface area contributed by atoms with Gasteiger partial charge in [0.2, 0.25) is 10.0 Å². The van der Waals surface area contributed by atoms with Crippen LogP contribution in [-0.2, 0) is 10.0 Å². The molecule has 0 atom stereocenters. The predicted octanol–water partition coefficient (Wildman–Crippen LogP) is 1.75. The molecule has 2 aromatic rings. The minimum atomic E-state index is -3.53. The van der Waals surface area contributed by atoms with Crippen LogP contribution in [0.4, 0.5) is 5.69 Å². The van der Waals surface area contributed by atoms with Gasteiger partial charge in [-0.2, -0.15) is 5.26 Å². The number of benzene rings is 2. The van der Waals surface area contributed by atoms with E-state index in [0.29, 0.717) is 16.8 Å². The van der Waals surface area contributed by atoms with E-state index >= 15 is 0 Å². The summed E-state index contributed by atoms with van der Waals surface area (Å²) in [6.07, 6.45) is 1.09. The first-order valence-electron chi connectivity index (χ1n) is 7.23. The van der Waals surface area contributed by atoms with Crippen molar-refractivity contribution in [3.05, 3.63) is 65.7 Å². The van der Waals surface area contributed by atoms with Crippen molar-refractivity contribution in [1.82, 2.24) is 5.32 Å². The van der Waals surface area contributed by atoms with Crippen LogP contribution in [0.5, 0.6) is 0 Å². The van der Waals surface area contributed by atoms with Crippen molar-refractivity contribution < 1.29 is 13.2 Å². The first-order chi connectivity index (χ1) is 11.4. The molecule has 2 rings (SSSR count). The number of anilines is 1. The zero-order valence-electron chi connectivity index (χ0n) is 13.1. The van der Waals surface area contributed by atoms with Crippen LogP contribution in [0, 0.1) is 11.3 Å². The molecule has 2 aromatic carbocycles. The molecule has 0 spiro atoms. The van der Waals surface area contributed by atoms with Gasteiger partial charge in [0.05, 0.1) is 30.1 Å². The first kappa shape index (κ1) is 17.5. The summed E-state index contributed by atoms with van der Waals surface area (Å²) >= 11 is 0.